The lowest BCUT2D eigenvalue weighted by Gasteiger charge is -2.20. The molecule has 0 aromatic carbocycles. The molecule has 0 fully saturated rings. The summed E-state index contributed by atoms with van der Waals surface area (Å²) in [6.45, 7) is 4.34. The molecule has 0 rings (SSSR count). The second-order valence-electron chi connectivity index (χ2n) is 17.6. The highest BCUT2D eigenvalue weighted by atomic mass is 16.3. The summed E-state index contributed by atoms with van der Waals surface area (Å²) in [5.74, 6) is -0.0570. The lowest BCUT2D eigenvalue weighted by Crippen LogP contribution is -2.45. The maximum atomic E-state index is 12.4. The Kier molecular flexibility index (Phi) is 46.8. The summed E-state index contributed by atoms with van der Waals surface area (Å²) in [6, 6.07) is -0.617. The van der Waals surface area contributed by atoms with E-state index in [-0.39, 0.29) is 12.5 Å². The quantitative estimate of drug-likeness (QED) is 0.0426. The predicted molar refractivity (Wildman–Crippen MR) is 244 cm³/mol. The van der Waals surface area contributed by atoms with Crippen LogP contribution in [0.1, 0.15) is 290 Å². The largest absolute Gasteiger partial charge is 0.394 e. The molecule has 4 nitrogen and oxygen atoms in total. The first kappa shape index (κ1) is 54.1. The van der Waals surface area contributed by atoms with Crippen LogP contribution in [0.2, 0.25) is 0 Å². The van der Waals surface area contributed by atoms with Crippen molar-refractivity contribution >= 4 is 5.91 Å². The molecule has 0 saturated heterocycles. The van der Waals surface area contributed by atoms with E-state index in [0.717, 1.165) is 25.7 Å². The van der Waals surface area contributed by atoms with Gasteiger partial charge in [-0.05, 0) is 19.3 Å². The fourth-order valence-electron chi connectivity index (χ4n) is 8.12. The summed E-state index contributed by atoms with van der Waals surface area (Å²) in [4.78, 5) is 12.4. The summed E-state index contributed by atoms with van der Waals surface area (Å²) in [7, 11) is 0. The van der Waals surface area contributed by atoms with Gasteiger partial charge < -0.3 is 15.5 Å². The van der Waals surface area contributed by atoms with Crippen molar-refractivity contribution < 1.29 is 15.0 Å². The van der Waals surface area contributed by atoms with Gasteiger partial charge in [0.2, 0.25) is 5.91 Å². The lowest BCUT2D eigenvalue weighted by molar-refractivity contribution is -0.123. The van der Waals surface area contributed by atoms with Crippen molar-refractivity contribution in [3.8, 4) is 0 Å². The van der Waals surface area contributed by atoms with Crippen LogP contribution in [0.25, 0.3) is 0 Å². The molecule has 2 unspecified atom stereocenters. The molecule has 1 amide bonds. The van der Waals surface area contributed by atoms with Crippen LogP contribution in [0.4, 0.5) is 0 Å². The molecule has 55 heavy (non-hydrogen) atoms. The van der Waals surface area contributed by atoms with Crippen molar-refractivity contribution in [2.24, 2.45) is 0 Å². The fraction of sp³-hybridized carbons (Fsp3) is 0.941. The Morgan fingerprint density at radius 2 is 0.673 bits per heavy atom. The molecule has 0 spiro atoms. The van der Waals surface area contributed by atoms with E-state index in [1.165, 1.54) is 244 Å². The number of amides is 1. The van der Waals surface area contributed by atoms with E-state index in [4.69, 9.17) is 0 Å². The van der Waals surface area contributed by atoms with Gasteiger partial charge >= 0.3 is 0 Å². The first-order chi connectivity index (χ1) is 27.2. The van der Waals surface area contributed by atoms with Crippen LogP contribution in [0.15, 0.2) is 12.2 Å². The Balaban J connectivity index is 3.47. The Labute approximate surface area is 346 Å². The zero-order valence-electron chi connectivity index (χ0n) is 37.7. The average Bonchev–Trinajstić information content (AvgIpc) is 3.19. The van der Waals surface area contributed by atoms with Crippen molar-refractivity contribution in [2.45, 2.75) is 302 Å². The SMILES string of the molecule is CCCCCCCCCCCCCCCCCCC/C=C/C(O)C(CO)NC(=O)CCCCCCCCCCCCCCCCCCCCCCCCCC. The first-order valence-corrected chi connectivity index (χ1v) is 25.4. The molecular weight excluding hydrogens is 675 g/mol. The maximum absolute atomic E-state index is 12.4. The summed E-state index contributed by atoms with van der Waals surface area (Å²) in [5, 5.41) is 23.1. The number of hydrogen-bond donors (Lipinski definition) is 3. The van der Waals surface area contributed by atoms with Crippen LogP contribution in [0.3, 0.4) is 0 Å². The third kappa shape index (κ3) is 44.1. The van der Waals surface area contributed by atoms with E-state index in [0.29, 0.717) is 6.42 Å². The van der Waals surface area contributed by atoms with E-state index in [1.807, 2.05) is 6.08 Å². The topological polar surface area (TPSA) is 69.6 Å². The zero-order valence-corrected chi connectivity index (χ0v) is 37.7. The molecular formula is C51H101NO3. The van der Waals surface area contributed by atoms with Gasteiger partial charge in [-0.15, -0.1) is 0 Å². The van der Waals surface area contributed by atoms with E-state index >= 15 is 0 Å². The van der Waals surface area contributed by atoms with Gasteiger partial charge in [-0.2, -0.15) is 0 Å². The molecule has 0 radical (unpaired) electrons. The maximum Gasteiger partial charge on any atom is 0.220 e. The van der Waals surface area contributed by atoms with Gasteiger partial charge in [-0.25, -0.2) is 0 Å². The number of nitrogens with one attached hydrogen (secondary N) is 1. The number of hydrogen-bond acceptors (Lipinski definition) is 3. The molecule has 0 bridgehead atoms. The van der Waals surface area contributed by atoms with Crippen molar-refractivity contribution in [3.63, 3.8) is 0 Å². The molecule has 0 aliphatic heterocycles. The van der Waals surface area contributed by atoms with E-state index < -0.39 is 12.1 Å². The molecule has 0 heterocycles. The molecule has 3 N–H and O–H groups in total. The molecule has 0 aromatic heterocycles. The third-order valence-electron chi connectivity index (χ3n) is 12.0. The van der Waals surface area contributed by atoms with Crippen LogP contribution in [-0.2, 0) is 4.79 Å². The fourth-order valence-corrected chi connectivity index (χ4v) is 8.12. The van der Waals surface area contributed by atoms with Crippen LogP contribution in [0, 0.1) is 0 Å². The summed E-state index contributed by atoms with van der Waals surface area (Å²) in [6.07, 6.45) is 60.6. The van der Waals surface area contributed by atoms with Crippen molar-refractivity contribution in [3.05, 3.63) is 12.2 Å². The molecule has 0 aromatic rings. The highest BCUT2D eigenvalue weighted by Gasteiger charge is 2.18. The monoisotopic (exact) mass is 776 g/mol. The van der Waals surface area contributed by atoms with Crippen molar-refractivity contribution in [1.82, 2.24) is 5.32 Å². The standard InChI is InChI=1S/C51H101NO3/c1-3-5-7-9-11-13-15-17-19-21-23-24-25-26-27-29-31-33-35-37-39-41-43-45-47-51(55)52-49(48-53)50(54)46-44-42-40-38-36-34-32-30-28-22-20-18-16-14-12-10-8-6-4-2/h44,46,49-50,53-54H,3-43,45,47-48H2,1-2H3,(H,52,55)/b46-44+. The smallest absolute Gasteiger partial charge is 0.220 e. The van der Waals surface area contributed by atoms with Crippen LogP contribution >= 0.6 is 0 Å². The van der Waals surface area contributed by atoms with E-state index in [2.05, 4.69) is 19.2 Å². The highest BCUT2D eigenvalue weighted by molar-refractivity contribution is 5.76. The number of carbonyl (C=O) groups is 1. The first-order valence-electron chi connectivity index (χ1n) is 25.4. The zero-order chi connectivity index (χ0) is 40.0. The van der Waals surface area contributed by atoms with Gasteiger partial charge in [0.05, 0.1) is 18.8 Å². The van der Waals surface area contributed by atoms with Gasteiger partial charge in [-0.1, -0.05) is 276 Å². The number of rotatable bonds is 47. The van der Waals surface area contributed by atoms with Gasteiger partial charge in [0.1, 0.15) is 0 Å². The number of allylic oxidation sites excluding steroid dienone is 1. The lowest BCUT2D eigenvalue weighted by atomic mass is 10.0. The van der Waals surface area contributed by atoms with Crippen molar-refractivity contribution in [1.29, 1.82) is 0 Å². The Morgan fingerprint density at radius 3 is 0.945 bits per heavy atom. The summed E-state index contributed by atoms with van der Waals surface area (Å²) < 4.78 is 0. The number of unbranched alkanes of at least 4 members (excludes halogenated alkanes) is 40. The van der Waals surface area contributed by atoms with Gasteiger partial charge in [0.25, 0.3) is 0 Å². The van der Waals surface area contributed by atoms with Crippen LogP contribution in [-0.4, -0.2) is 34.9 Å². The van der Waals surface area contributed by atoms with Crippen molar-refractivity contribution in [2.75, 3.05) is 6.61 Å². The highest BCUT2D eigenvalue weighted by Crippen LogP contribution is 2.17. The average molecular weight is 776 g/mol. The number of aliphatic hydroxyl groups is 2. The molecule has 4 heteroatoms. The van der Waals surface area contributed by atoms with E-state index in [9.17, 15) is 15.0 Å². The van der Waals surface area contributed by atoms with Gasteiger partial charge in [0, 0.05) is 6.42 Å². The summed E-state index contributed by atoms with van der Waals surface area (Å²) in [5.41, 5.74) is 0. The minimum atomic E-state index is -0.834. The number of aliphatic hydroxyl groups excluding tert-OH is 2. The number of carbonyl (C=O) groups excluding carboxylic acids is 1. The molecule has 0 aliphatic carbocycles. The van der Waals surface area contributed by atoms with Crippen LogP contribution < -0.4 is 5.32 Å². The minimum Gasteiger partial charge on any atom is -0.394 e. The van der Waals surface area contributed by atoms with Crippen LogP contribution in [0.5, 0.6) is 0 Å². The Morgan fingerprint density at radius 1 is 0.418 bits per heavy atom. The summed E-state index contributed by atoms with van der Waals surface area (Å²) >= 11 is 0. The second kappa shape index (κ2) is 47.5. The molecule has 328 valence electrons. The molecule has 0 saturated carbocycles. The van der Waals surface area contributed by atoms with E-state index in [1.54, 1.807) is 6.08 Å². The third-order valence-corrected chi connectivity index (χ3v) is 12.0. The second-order valence-corrected chi connectivity index (χ2v) is 17.6. The molecule has 0 aliphatic rings. The Bertz CT molecular complexity index is 754. The normalized spacial score (nSPS) is 12.9. The Hall–Kier alpha value is -0.870. The van der Waals surface area contributed by atoms with Gasteiger partial charge in [-0.3, -0.25) is 4.79 Å². The minimum absolute atomic E-state index is 0.0570. The van der Waals surface area contributed by atoms with Gasteiger partial charge in [0.15, 0.2) is 0 Å². The molecule has 2 atom stereocenters. The predicted octanol–water partition coefficient (Wildman–Crippen LogP) is 16.2.